The van der Waals surface area contributed by atoms with Crippen molar-refractivity contribution >= 4 is 39.0 Å². The smallest absolute Gasteiger partial charge is 0.257 e. The molecule has 0 radical (unpaired) electrons. The van der Waals surface area contributed by atoms with Crippen LogP contribution in [0.3, 0.4) is 0 Å². The zero-order valence-electron chi connectivity index (χ0n) is 15.3. The molecule has 6 nitrogen and oxygen atoms in total. The molecular formula is C19H21ClN2O4S. The molecule has 2 aromatic carbocycles. The summed E-state index contributed by atoms with van der Waals surface area (Å²) in [6, 6.07) is 10.4. The highest BCUT2D eigenvalue weighted by atomic mass is 35.5. The third-order valence-electron chi connectivity index (χ3n) is 4.07. The minimum absolute atomic E-state index is 0.00711. The van der Waals surface area contributed by atoms with Crippen LogP contribution in [0.4, 0.5) is 5.69 Å². The number of anilines is 1. The lowest BCUT2D eigenvalue weighted by molar-refractivity contribution is 0.101. The lowest BCUT2D eigenvalue weighted by atomic mass is 10.1. The summed E-state index contributed by atoms with van der Waals surface area (Å²) in [4.78, 5) is 23.9. The lowest BCUT2D eigenvalue weighted by Crippen LogP contribution is -2.30. The average molecular weight is 409 g/mol. The van der Waals surface area contributed by atoms with Crippen molar-refractivity contribution in [2.75, 3.05) is 18.4 Å². The van der Waals surface area contributed by atoms with Crippen LogP contribution in [-0.2, 0) is 10.0 Å². The van der Waals surface area contributed by atoms with Gasteiger partial charge in [0.25, 0.3) is 5.91 Å². The summed E-state index contributed by atoms with van der Waals surface area (Å²) in [5.74, 6) is -0.614. The highest BCUT2D eigenvalue weighted by Crippen LogP contribution is 2.24. The monoisotopic (exact) mass is 408 g/mol. The highest BCUT2D eigenvalue weighted by molar-refractivity contribution is 7.89. The van der Waals surface area contributed by atoms with Crippen molar-refractivity contribution in [3.8, 4) is 0 Å². The van der Waals surface area contributed by atoms with E-state index in [-0.39, 0.29) is 21.3 Å². The standard InChI is InChI=1S/C19H21ClN2O4S/c1-4-22(5-2)27(25,26)16-10-11-18(20)17(12-16)19(24)21-15-8-6-14(7-9-15)13(3)23/h6-12H,4-5H2,1-3H3,(H,21,24). The molecule has 0 aromatic heterocycles. The molecule has 0 saturated carbocycles. The van der Waals surface area contributed by atoms with Crippen molar-refractivity contribution in [2.24, 2.45) is 0 Å². The first-order valence-corrected chi connectivity index (χ1v) is 10.2. The SMILES string of the molecule is CCN(CC)S(=O)(=O)c1ccc(Cl)c(C(=O)Nc2ccc(C(C)=O)cc2)c1. The molecule has 2 aromatic rings. The molecule has 0 bridgehead atoms. The first-order chi connectivity index (χ1) is 12.7. The molecule has 0 saturated heterocycles. The van der Waals surface area contributed by atoms with Gasteiger partial charge in [-0.05, 0) is 49.4 Å². The maximum absolute atomic E-state index is 12.7. The molecule has 0 atom stereocenters. The van der Waals surface area contributed by atoms with E-state index >= 15 is 0 Å². The second-order valence-corrected chi connectivity index (χ2v) is 8.16. The molecule has 0 aliphatic carbocycles. The number of hydrogen-bond acceptors (Lipinski definition) is 4. The first-order valence-electron chi connectivity index (χ1n) is 8.42. The minimum Gasteiger partial charge on any atom is -0.322 e. The quantitative estimate of drug-likeness (QED) is 0.706. The van der Waals surface area contributed by atoms with Gasteiger partial charge in [0.2, 0.25) is 10.0 Å². The molecule has 0 aliphatic rings. The predicted octanol–water partition coefficient (Wildman–Crippen LogP) is 3.83. The van der Waals surface area contributed by atoms with Gasteiger partial charge >= 0.3 is 0 Å². The second kappa shape index (κ2) is 8.65. The Labute approximate surface area is 164 Å². The van der Waals surface area contributed by atoms with Gasteiger partial charge in [0.15, 0.2) is 5.78 Å². The molecule has 144 valence electrons. The van der Waals surface area contributed by atoms with Crippen LogP contribution < -0.4 is 5.32 Å². The van der Waals surface area contributed by atoms with Crippen molar-refractivity contribution < 1.29 is 18.0 Å². The summed E-state index contributed by atoms with van der Waals surface area (Å²) in [5, 5.41) is 2.80. The maximum atomic E-state index is 12.7. The van der Waals surface area contributed by atoms with E-state index in [9.17, 15) is 18.0 Å². The molecule has 0 unspecified atom stereocenters. The second-order valence-electron chi connectivity index (χ2n) is 5.82. The molecule has 0 heterocycles. The number of carbonyl (C=O) groups is 2. The van der Waals surface area contributed by atoms with Gasteiger partial charge < -0.3 is 5.32 Å². The number of Topliss-reactive ketones (excluding diaryl/α,β-unsaturated/α-hetero) is 1. The minimum atomic E-state index is -3.70. The third kappa shape index (κ3) is 4.74. The number of sulfonamides is 1. The van der Waals surface area contributed by atoms with Crippen LogP contribution in [0.25, 0.3) is 0 Å². The normalized spacial score (nSPS) is 11.4. The fraction of sp³-hybridized carbons (Fsp3) is 0.263. The van der Waals surface area contributed by atoms with Gasteiger partial charge in [0, 0.05) is 24.3 Å². The summed E-state index contributed by atoms with van der Waals surface area (Å²) >= 11 is 6.11. The molecule has 0 aliphatic heterocycles. The van der Waals surface area contributed by atoms with Crippen LogP contribution in [0, 0.1) is 0 Å². The highest BCUT2D eigenvalue weighted by Gasteiger charge is 2.24. The van der Waals surface area contributed by atoms with E-state index < -0.39 is 15.9 Å². The van der Waals surface area contributed by atoms with E-state index in [4.69, 9.17) is 11.6 Å². The summed E-state index contributed by atoms with van der Waals surface area (Å²) in [6.45, 7) is 5.59. The van der Waals surface area contributed by atoms with Crippen LogP contribution in [0.1, 0.15) is 41.5 Å². The molecule has 27 heavy (non-hydrogen) atoms. The summed E-state index contributed by atoms with van der Waals surface area (Å²) in [7, 11) is -3.70. The van der Waals surface area contributed by atoms with Gasteiger partial charge in [0.05, 0.1) is 15.5 Å². The molecule has 2 rings (SSSR count). The molecular weight excluding hydrogens is 388 g/mol. The number of amides is 1. The summed E-state index contributed by atoms with van der Waals surface area (Å²) in [5.41, 5.74) is 1.05. The number of nitrogens with one attached hydrogen (secondary N) is 1. The summed E-state index contributed by atoms with van der Waals surface area (Å²) < 4.78 is 26.6. The topological polar surface area (TPSA) is 83.6 Å². The Morgan fingerprint density at radius 3 is 2.15 bits per heavy atom. The Kier molecular flexibility index (Phi) is 6.75. The van der Waals surface area contributed by atoms with Gasteiger partial charge in [-0.15, -0.1) is 0 Å². The van der Waals surface area contributed by atoms with Crippen molar-refractivity contribution in [3.05, 3.63) is 58.6 Å². The first kappa shape index (κ1) is 21.1. The van der Waals surface area contributed by atoms with Crippen molar-refractivity contribution in [2.45, 2.75) is 25.7 Å². The Morgan fingerprint density at radius 2 is 1.63 bits per heavy atom. The number of halogens is 1. The van der Waals surface area contributed by atoms with Crippen LogP contribution in [0.5, 0.6) is 0 Å². The molecule has 0 fully saturated rings. The Balaban J connectivity index is 2.32. The van der Waals surface area contributed by atoms with Crippen LogP contribution in [-0.4, -0.2) is 37.5 Å². The molecule has 1 amide bonds. The zero-order chi connectivity index (χ0) is 20.2. The van der Waals surface area contributed by atoms with Crippen molar-refractivity contribution in [3.63, 3.8) is 0 Å². The van der Waals surface area contributed by atoms with E-state index in [2.05, 4.69) is 5.32 Å². The van der Waals surface area contributed by atoms with Gasteiger partial charge in [-0.3, -0.25) is 9.59 Å². The lowest BCUT2D eigenvalue weighted by Gasteiger charge is -2.19. The van der Waals surface area contributed by atoms with Crippen LogP contribution >= 0.6 is 11.6 Å². The van der Waals surface area contributed by atoms with E-state index in [0.29, 0.717) is 24.3 Å². The number of rotatable bonds is 7. The number of ketones is 1. The summed E-state index contributed by atoms with van der Waals surface area (Å²) in [6.07, 6.45) is 0. The molecule has 1 N–H and O–H groups in total. The van der Waals surface area contributed by atoms with Gasteiger partial charge in [0.1, 0.15) is 0 Å². The van der Waals surface area contributed by atoms with E-state index in [1.54, 1.807) is 38.1 Å². The Bertz CT molecular complexity index is 952. The number of benzene rings is 2. The number of nitrogens with zero attached hydrogens (tertiary/aromatic N) is 1. The Morgan fingerprint density at radius 1 is 1.04 bits per heavy atom. The van der Waals surface area contributed by atoms with E-state index in [0.717, 1.165) is 0 Å². The van der Waals surface area contributed by atoms with Gasteiger partial charge in [-0.2, -0.15) is 4.31 Å². The van der Waals surface area contributed by atoms with Crippen LogP contribution in [0.2, 0.25) is 5.02 Å². The number of carbonyl (C=O) groups excluding carboxylic acids is 2. The van der Waals surface area contributed by atoms with Crippen molar-refractivity contribution in [1.29, 1.82) is 0 Å². The van der Waals surface area contributed by atoms with E-state index in [1.807, 2.05) is 0 Å². The predicted molar refractivity (Wildman–Crippen MR) is 106 cm³/mol. The van der Waals surface area contributed by atoms with Crippen molar-refractivity contribution in [1.82, 2.24) is 4.31 Å². The molecule has 8 heteroatoms. The van der Waals surface area contributed by atoms with Crippen LogP contribution in [0.15, 0.2) is 47.4 Å². The largest absolute Gasteiger partial charge is 0.322 e. The fourth-order valence-corrected chi connectivity index (χ4v) is 4.23. The molecule has 0 spiro atoms. The van der Waals surface area contributed by atoms with E-state index in [1.165, 1.54) is 29.4 Å². The Hall–Kier alpha value is -2.22. The van der Waals surface area contributed by atoms with Gasteiger partial charge in [-0.1, -0.05) is 25.4 Å². The van der Waals surface area contributed by atoms with Gasteiger partial charge in [-0.25, -0.2) is 8.42 Å². The fourth-order valence-electron chi connectivity index (χ4n) is 2.54. The average Bonchev–Trinajstić information content (AvgIpc) is 2.63. The number of hydrogen-bond donors (Lipinski definition) is 1. The maximum Gasteiger partial charge on any atom is 0.257 e. The third-order valence-corrected chi connectivity index (χ3v) is 6.45. The zero-order valence-corrected chi connectivity index (χ0v) is 16.9.